The number of hydrogen-bond acceptors (Lipinski definition) is 2. The summed E-state index contributed by atoms with van der Waals surface area (Å²) in [7, 11) is 0. The number of carboxylic acids is 1. The lowest BCUT2D eigenvalue weighted by Crippen LogP contribution is -2.11. The lowest BCUT2D eigenvalue weighted by atomic mass is 10.2. The van der Waals surface area contributed by atoms with Gasteiger partial charge in [-0.3, -0.25) is 0 Å². The Hall–Kier alpha value is -1.66. The maximum absolute atomic E-state index is 10.9. The molecule has 0 spiro atoms. The number of ether oxygens (including phenoxy) is 1. The van der Waals surface area contributed by atoms with Crippen molar-refractivity contribution in [2.75, 3.05) is 0 Å². The standard InChI is InChI=1S/C11H9ClO3/c1-3-7(2)15-9-6-4-5-8(12)10(9)11(13)14/h1,4-7H,2H3,(H,13,14). The number of rotatable bonds is 3. The number of hydrogen-bond donors (Lipinski definition) is 1. The van der Waals surface area contributed by atoms with Crippen molar-refractivity contribution in [3.05, 3.63) is 28.8 Å². The number of aromatic carboxylic acids is 1. The summed E-state index contributed by atoms with van der Waals surface area (Å²) in [5.41, 5.74) is -0.0683. The molecule has 1 atom stereocenters. The Labute approximate surface area is 92.6 Å². The molecule has 3 nitrogen and oxygen atoms in total. The Bertz CT molecular complexity index is 420. The molecule has 1 unspecified atom stereocenters. The van der Waals surface area contributed by atoms with E-state index in [0.29, 0.717) is 0 Å². The molecular formula is C11H9ClO3. The molecule has 0 saturated carbocycles. The van der Waals surface area contributed by atoms with Crippen LogP contribution in [0.3, 0.4) is 0 Å². The molecule has 78 valence electrons. The van der Waals surface area contributed by atoms with Gasteiger partial charge in [-0.05, 0) is 19.1 Å². The van der Waals surface area contributed by atoms with Crippen molar-refractivity contribution < 1.29 is 14.6 Å². The van der Waals surface area contributed by atoms with Crippen molar-refractivity contribution in [1.82, 2.24) is 0 Å². The second-order valence-corrected chi connectivity index (χ2v) is 3.25. The third kappa shape index (κ3) is 2.64. The second-order valence-electron chi connectivity index (χ2n) is 2.84. The smallest absolute Gasteiger partial charge is 0.341 e. The molecule has 0 fully saturated rings. The van der Waals surface area contributed by atoms with Gasteiger partial charge in [-0.15, -0.1) is 6.42 Å². The summed E-state index contributed by atoms with van der Waals surface area (Å²) >= 11 is 5.74. The molecule has 1 rings (SSSR count). The normalized spacial score (nSPS) is 11.5. The Morgan fingerprint density at radius 1 is 1.67 bits per heavy atom. The van der Waals surface area contributed by atoms with Crippen molar-refractivity contribution in [3.63, 3.8) is 0 Å². The molecule has 1 aromatic rings. The van der Waals surface area contributed by atoms with E-state index in [1.54, 1.807) is 13.0 Å². The van der Waals surface area contributed by atoms with Crippen LogP contribution in [0.1, 0.15) is 17.3 Å². The summed E-state index contributed by atoms with van der Waals surface area (Å²) in [6.07, 6.45) is 4.63. The van der Waals surface area contributed by atoms with Crippen LogP contribution in [0.2, 0.25) is 5.02 Å². The SMILES string of the molecule is C#CC(C)Oc1cccc(Cl)c1C(=O)O. The van der Waals surface area contributed by atoms with Gasteiger partial charge in [-0.2, -0.15) is 0 Å². The first kappa shape index (κ1) is 11.4. The molecule has 1 N–H and O–H groups in total. The predicted molar refractivity (Wildman–Crippen MR) is 57.3 cm³/mol. The Morgan fingerprint density at radius 2 is 2.33 bits per heavy atom. The summed E-state index contributed by atoms with van der Waals surface area (Å²) < 4.78 is 5.24. The van der Waals surface area contributed by atoms with Crippen molar-refractivity contribution in [2.24, 2.45) is 0 Å². The minimum atomic E-state index is -1.14. The number of terminal acetylenes is 1. The zero-order chi connectivity index (χ0) is 11.4. The van der Waals surface area contributed by atoms with E-state index < -0.39 is 12.1 Å². The molecule has 4 heteroatoms. The fourth-order valence-corrected chi connectivity index (χ4v) is 1.28. The fraction of sp³-hybridized carbons (Fsp3) is 0.182. The number of carboxylic acid groups (broad SMARTS) is 1. The van der Waals surface area contributed by atoms with Crippen molar-refractivity contribution in [1.29, 1.82) is 0 Å². The van der Waals surface area contributed by atoms with Gasteiger partial charge in [-0.25, -0.2) is 4.79 Å². The van der Waals surface area contributed by atoms with Crippen molar-refractivity contribution in [3.8, 4) is 18.1 Å². The highest BCUT2D eigenvalue weighted by atomic mass is 35.5. The summed E-state index contributed by atoms with van der Waals surface area (Å²) in [6.45, 7) is 1.65. The second kappa shape index (κ2) is 4.72. The summed E-state index contributed by atoms with van der Waals surface area (Å²) in [5.74, 6) is 1.38. The minimum absolute atomic E-state index is 0.0683. The third-order valence-corrected chi connectivity index (χ3v) is 2.04. The van der Waals surface area contributed by atoms with Gasteiger partial charge in [-0.1, -0.05) is 23.6 Å². The Balaban J connectivity index is 3.13. The van der Waals surface area contributed by atoms with E-state index in [1.165, 1.54) is 12.1 Å². The zero-order valence-electron chi connectivity index (χ0n) is 8.03. The molecular weight excluding hydrogens is 216 g/mol. The van der Waals surface area contributed by atoms with Gasteiger partial charge in [0.25, 0.3) is 0 Å². The lowest BCUT2D eigenvalue weighted by molar-refractivity contribution is 0.0691. The van der Waals surface area contributed by atoms with Crippen LogP contribution in [-0.4, -0.2) is 17.2 Å². The molecule has 0 aromatic heterocycles. The predicted octanol–water partition coefficient (Wildman–Crippen LogP) is 2.44. The molecule has 0 aliphatic heterocycles. The Morgan fingerprint density at radius 3 is 2.87 bits per heavy atom. The molecule has 15 heavy (non-hydrogen) atoms. The summed E-state index contributed by atoms with van der Waals surface area (Å²) in [5, 5.41) is 9.04. The average molecular weight is 225 g/mol. The Kier molecular flexibility index (Phi) is 3.59. The van der Waals surface area contributed by atoms with Crippen LogP contribution in [0.25, 0.3) is 0 Å². The van der Waals surface area contributed by atoms with Crippen LogP contribution in [0.15, 0.2) is 18.2 Å². The topological polar surface area (TPSA) is 46.5 Å². The molecule has 0 heterocycles. The van der Waals surface area contributed by atoms with Gasteiger partial charge in [0.2, 0.25) is 0 Å². The summed E-state index contributed by atoms with van der Waals surface area (Å²) in [6, 6.07) is 4.61. The maximum Gasteiger partial charge on any atom is 0.341 e. The van der Waals surface area contributed by atoms with Crippen LogP contribution >= 0.6 is 11.6 Å². The average Bonchev–Trinajstić information content (AvgIpc) is 2.17. The van der Waals surface area contributed by atoms with Gasteiger partial charge in [0.05, 0.1) is 5.02 Å². The van der Waals surface area contributed by atoms with E-state index in [9.17, 15) is 4.79 Å². The molecule has 0 aliphatic carbocycles. The highest BCUT2D eigenvalue weighted by molar-refractivity contribution is 6.33. The number of halogens is 1. The fourth-order valence-electron chi connectivity index (χ4n) is 1.03. The van der Waals surface area contributed by atoms with Crippen molar-refractivity contribution in [2.45, 2.75) is 13.0 Å². The van der Waals surface area contributed by atoms with E-state index in [-0.39, 0.29) is 16.3 Å². The maximum atomic E-state index is 10.9. The first-order valence-electron chi connectivity index (χ1n) is 4.21. The highest BCUT2D eigenvalue weighted by Gasteiger charge is 2.16. The van der Waals surface area contributed by atoms with Gasteiger partial charge in [0, 0.05) is 0 Å². The molecule has 0 aliphatic rings. The van der Waals surface area contributed by atoms with Crippen LogP contribution in [0.5, 0.6) is 5.75 Å². The van der Waals surface area contributed by atoms with E-state index >= 15 is 0 Å². The molecule has 1 aromatic carbocycles. The number of benzene rings is 1. The molecule has 0 amide bonds. The van der Waals surface area contributed by atoms with Crippen molar-refractivity contribution >= 4 is 17.6 Å². The zero-order valence-corrected chi connectivity index (χ0v) is 8.78. The van der Waals surface area contributed by atoms with Gasteiger partial charge in [0.15, 0.2) is 6.10 Å². The van der Waals surface area contributed by atoms with Gasteiger partial charge < -0.3 is 9.84 Å². The largest absolute Gasteiger partial charge is 0.478 e. The van der Waals surface area contributed by atoms with E-state index in [1.807, 2.05) is 0 Å². The van der Waals surface area contributed by atoms with Crippen LogP contribution in [0, 0.1) is 12.3 Å². The van der Waals surface area contributed by atoms with E-state index in [0.717, 1.165) is 0 Å². The monoisotopic (exact) mass is 224 g/mol. The minimum Gasteiger partial charge on any atom is -0.478 e. The van der Waals surface area contributed by atoms with Gasteiger partial charge in [0.1, 0.15) is 11.3 Å². The number of carbonyl (C=O) groups is 1. The van der Waals surface area contributed by atoms with Crippen LogP contribution in [-0.2, 0) is 0 Å². The van der Waals surface area contributed by atoms with E-state index in [4.69, 9.17) is 27.9 Å². The highest BCUT2D eigenvalue weighted by Crippen LogP contribution is 2.26. The lowest BCUT2D eigenvalue weighted by Gasteiger charge is -2.12. The quantitative estimate of drug-likeness (QED) is 0.803. The first-order chi connectivity index (χ1) is 7.06. The first-order valence-corrected chi connectivity index (χ1v) is 4.58. The molecule has 0 saturated heterocycles. The molecule has 0 bridgehead atoms. The third-order valence-electron chi connectivity index (χ3n) is 1.73. The molecule has 0 radical (unpaired) electrons. The van der Waals surface area contributed by atoms with E-state index in [2.05, 4.69) is 5.92 Å². The van der Waals surface area contributed by atoms with Crippen LogP contribution < -0.4 is 4.74 Å². The van der Waals surface area contributed by atoms with Crippen LogP contribution in [0.4, 0.5) is 0 Å². The summed E-state index contributed by atoms with van der Waals surface area (Å²) in [4.78, 5) is 10.9. The van der Waals surface area contributed by atoms with Gasteiger partial charge >= 0.3 is 5.97 Å².